The molecule has 0 aromatic heterocycles. The molecule has 0 saturated carbocycles. The smallest absolute Gasteiger partial charge is 0.211 e. The molecule has 0 atom stereocenters. The Morgan fingerprint density at radius 3 is 0.855 bits per heavy atom. The molecule has 10 nitrogen and oxygen atoms in total. The fraction of sp³-hybridized carbons (Fsp3) is 1.00. The molecule has 0 aromatic carbocycles. The van der Waals surface area contributed by atoms with Crippen LogP contribution in [0.4, 0.5) is 0 Å². The van der Waals surface area contributed by atoms with Crippen LogP contribution in [0.2, 0.25) is 0 Å². The fourth-order valence-corrected chi connectivity index (χ4v) is 8.36. The number of likely N-dealkylation sites (tertiary alicyclic amines) is 2. The topological polar surface area (TPSA) is 66.1 Å². The molecule has 0 N–H and O–H groups in total. The van der Waals surface area contributed by atoms with Gasteiger partial charge in [0.05, 0.1) is 19.5 Å². The van der Waals surface area contributed by atoms with Crippen molar-refractivity contribution in [2.24, 2.45) is 0 Å². The fourth-order valence-electron chi connectivity index (χ4n) is 7.53. The molecule has 5 saturated heterocycles. The zero-order valence-electron chi connectivity index (χ0n) is 39.8. The highest BCUT2D eigenvalue weighted by molar-refractivity contribution is 7.88. The second-order valence-electron chi connectivity index (χ2n) is 21.5. The first-order valence-electron chi connectivity index (χ1n) is 22.0. The molecular formula is C44H95N7O3S. The molecule has 55 heavy (non-hydrogen) atoms. The molecule has 5 fully saturated rings. The van der Waals surface area contributed by atoms with Gasteiger partial charge < -0.3 is 9.64 Å². The van der Waals surface area contributed by atoms with Crippen molar-refractivity contribution in [3.05, 3.63) is 0 Å². The van der Waals surface area contributed by atoms with E-state index in [1.165, 1.54) is 97.1 Å². The number of sulfonamides is 1. The van der Waals surface area contributed by atoms with Crippen molar-refractivity contribution in [1.82, 2.24) is 33.7 Å². The van der Waals surface area contributed by atoms with Gasteiger partial charge in [0.1, 0.15) is 0 Å². The minimum atomic E-state index is -2.99. The summed E-state index contributed by atoms with van der Waals surface area (Å²) in [4.78, 5) is 14.9. The first-order valence-corrected chi connectivity index (χ1v) is 23.8. The van der Waals surface area contributed by atoms with Crippen LogP contribution in [0.25, 0.3) is 0 Å². The van der Waals surface area contributed by atoms with Crippen molar-refractivity contribution in [3.63, 3.8) is 0 Å². The van der Waals surface area contributed by atoms with Crippen LogP contribution < -0.4 is 0 Å². The van der Waals surface area contributed by atoms with Gasteiger partial charge in [-0.2, -0.15) is 4.31 Å². The van der Waals surface area contributed by atoms with E-state index in [1.807, 2.05) is 0 Å². The summed E-state index contributed by atoms with van der Waals surface area (Å²) in [5.74, 6) is 0. The lowest BCUT2D eigenvalue weighted by molar-refractivity contribution is -0.00389. The minimum Gasteiger partial charge on any atom is -0.379 e. The van der Waals surface area contributed by atoms with E-state index in [0.717, 1.165) is 39.4 Å². The average molecular weight is 802 g/mol. The summed E-state index contributed by atoms with van der Waals surface area (Å²) in [5.41, 5.74) is 1.63. The molecule has 330 valence electrons. The Morgan fingerprint density at radius 1 is 0.364 bits per heavy atom. The Kier molecular flexibility index (Phi) is 22.4. The standard InChI is InChI=1S/C9H20N2O2S.C9H20N2.2C9H19N.C8H17NO/c1-9(2,3)10-5-7-11(8-6-10)14(4,12)13;1-9(2,3)11-7-5-10(4)6-8-11;2*1-9(2,3)10-7-5-4-6-8-10;1-8(2,3)9-4-6-10-7-5-9/h5-8H2,1-4H3;5-8H2,1-4H3;2*4-8H2,1-3H3;4-7H2,1-3H3. The number of hydrogen-bond acceptors (Lipinski definition) is 9. The minimum absolute atomic E-state index is 0.142. The molecule has 0 unspecified atom stereocenters. The van der Waals surface area contributed by atoms with Crippen LogP contribution in [0, 0.1) is 0 Å². The zero-order valence-corrected chi connectivity index (χ0v) is 40.6. The third-order valence-corrected chi connectivity index (χ3v) is 13.0. The summed E-state index contributed by atoms with van der Waals surface area (Å²) in [6, 6.07) is 0. The molecule has 11 heteroatoms. The van der Waals surface area contributed by atoms with E-state index in [2.05, 4.69) is 140 Å². The molecule has 5 aliphatic rings. The van der Waals surface area contributed by atoms with E-state index in [0.29, 0.717) is 35.2 Å². The molecular weight excluding hydrogens is 707 g/mol. The number of nitrogens with zero attached hydrogens (tertiary/aromatic N) is 7. The summed E-state index contributed by atoms with van der Waals surface area (Å²) < 4.78 is 29.3. The van der Waals surface area contributed by atoms with E-state index < -0.39 is 10.0 Å². The van der Waals surface area contributed by atoms with Gasteiger partial charge in [-0.15, -0.1) is 0 Å². The van der Waals surface area contributed by atoms with Gasteiger partial charge in [-0.25, -0.2) is 8.42 Å². The highest BCUT2D eigenvalue weighted by atomic mass is 32.2. The van der Waals surface area contributed by atoms with Crippen LogP contribution in [-0.4, -0.2) is 188 Å². The number of rotatable bonds is 1. The Balaban J connectivity index is 0.000000346. The first-order chi connectivity index (χ1) is 25.0. The van der Waals surface area contributed by atoms with Crippen molar-refractivity contribution < 1.29 is 13.2 Å². The van der Waals surface area contributed by atoms with Gasteiger partial charge in [0.15, 0.2) is 0 Å². The predicted octanol–water partition coefficient (Wildman–Crippen LogP) is 7.05. The van der Waals surface area contributed by atoms with Gasteiger partial charge in [-0.1, -0.05) is 12.8 Å². The van der Waals surface area contributed by atoms with E-state index >= 15 is 0 Å². The molecule has 5 aliphatic heterocycles. The number of piperazine rings is 2. The van der Waals surface area contributed by atoms with E-state index in [1.54, 1.807) is 4.31 Å². The van der Waals surface area contributed by atoms with Gasteiger partial charge >= 0.3 is 0 Å². The largest absolute Gasteiger partial charge is 0.379 e. The maximum absolute atomic E-state index is 11.3. The number of hydrogen-bond donors (Lipinski definition) is 0. The van der Waals surface area contributed by atoms with Crippen LogP contribution in [0.3, 0.4) is 0 Å². The van der Waals surface area contributed by atoms with Crippen LogP contribution >= 0.6 is 0 Å². The number of ether oxygens (including phenoxy) is 1. The van der Waals surface area contributed by atoms with E-state index in [-0.39, 0.29) is 5.54 Å². The lowest BCUT2D eigenvalue weighted by Crippen LogP contribution is -2.54. The molecule has 0 radical (unpaired) electrons. The third-order valence-electron chi connectivity index (χ3n) is 11.7. The summed E-state index contributed by atoms with van der Waals surface area (Å²) >= 11 is 0. The highest BCUT2D eigenvalue weighted by Gasteiger charge is 2.29. The van der Waals surface area contributed by atoms with Crippen LogP contribution in [-0.2, 0) is 14.8 Å². The Labute approximate surface area is 344 Å². The summed E-state index contributed by atoms with van der Waals surface area (Å²) in [6.45, 7) is 50.9. The van der Waals surface area contributed by atoms with Crippen LogP contribution in [0.1, 0.15) is 142 Å². The second kappa shape index (κ2) is 23.4. The Bertz CT molecular complexity index is 1030. The second-order valence-corrected chi connectivity index (χ2v) is 23.5. The quantitative estimate of drug-likeness (QED) is 0.278. The SMILES string of the molecule is CC(C)(C)N1CCCCC1.CC(C)(C)N1CCCCC1.CC(C)(C)N1CCN(S(C)(=O)=O)CC1.CC(C)(C)N1CCOCC1.CN1CCN(C(C)(C)C)CC1. The maximum atomic E-state index is 11.3. The number of morpholine rings is 1. The van der Waals surface area contributed by atoms with Gasteiger partial charge in [0.2, 0.25) is 10.0 Å². The summed E-state index contributed by atoms with van der Waals surface area (Å²) in [7, 11) is -0.794. The van der Waals surface area contributed by atoms with Crippen molar-refractivity contribution in [1.29, 1.82) is 0 Å². The molecule has 0 bridgehead atoms. The number of piperidine rings is 2. The van der Waals surface area contributed by atoms with E-state index in [9.17, 15) is 8.42 Å². The van der Waals surface area contributed by atoms with Crippen LogP contribution in [0.15, 0.2) is 0 Å². The first kappa shape index (κ1) is 52.6. The lowest BCUT2D eigenvalue weighted by Gasteiger charge is -2.41. The van der Waals surface area contributed by atoms with Gasteiger partial charge in [0, 0.05) is 93.1 Å². The molecule has 0 aliphatic carbocycles. The third kappa shape index (κ3) is 22.5. The van der Waals surface area contributed by atoms with Crippen LogP contribution in [0.5, 0.6) is 0 Å². The lowest BCUT2D eigenvalue weighted by atomic mass is 10.0. The normalized spacial score (nSPS) is 23.1. The predicted molar refractivity (Wildman–Crippen MR) is 239 cm³/mol. The maximum Gasteiger partial charge on any atom is 0.211 e. The Hall–Kier alpha value is -0.370. The van der Waals surface area contributed by atoms with Gasteiger partial charge in [0.25, 0.3) is 0 Å². The van der Waals surface area contributed by atoms with E-state index in [4.69, 9.17) is 4.74 Å². The van der Waals surface area contributed by atoms with Crippen molar-refractivity contribution in [2.45, 2.75) is 170 Å². The summed E-state index contributed by atoms with van der Waals surface area (Å²) in [6.07, 6.45) is 9.75. The van der Waals surface area contributed by atoms with Gasteiger partial charge in [-0.05, 0) is 163 Å². The van der Waals surface area contributed by atoms with Gasteiger partial charge in [-0.3, -0.25) is 24.5 Å². The molecule has 5 heterocycles. The molecule has 0 aromatic rings. The monoisotopic (exact) mass is 802 g/mol. The molecule has 0 spiro atoms. The van der Waals surface area contributed by atoms with Crippen molar-refractivity contribution in [3.8, 4) is 0 Å². The van der Waals surface area contributed by atoms with Crippen molar-refractivity contribution in [2.75, 3.05) is 118 Å². The summed E-state index contributed by atoms with van der Waals surface area (Å²) in [5, 5.41) is 0. The number of likely N-dealkylation sites (N-methyl/N-ethyl adjacent to an activating group) is 1. The molecule has 0 amide bonds. The zero-order chi connectivity index (χ0) is 42.3. The highest BCUT2D eigenvalue weighted by Crippen LogP contribution is 2.21. The van der Waals surface area contributed by atoms with Crippen molar-refractivity contribution >= 4 is 10.0 Å². The Morgan fingerprint density at radius 2 is 0.618 bits per heavy atom. The average Bonchev–Trinajstić information content (AvgIpc) is 3.09. The molecule has 5 rings (SSSR count).